The van der Waals surface area contributed by atoms with Gasteiger partial charge in [-0.1, -0.05) is 0 Å². The molecule has 0 heterocycles. The summed E-state index contributed by atoms with van der Waals surface area (Å²) in [7, 11) is -2.17. The number of aliphatic hydroxyl groups excluding tert-OH is 5. The molecule has 0 aliphatic carbocycles. The molecule has 0 saturated carbocycles. The zero-order valence-corrected chi connectivity index (χ0v) is 8.43. The van der Waals surface area contributed by atoms with Crippen LogP contribution in [0.15, 0.2) is 0 Å². The van der Waals surface area contributed by atoms with E-state index in [1.165, 1.54) is 6.92 Å². The standard InChI is InChI=1S/C3H8O3.C3H8O2.BH3O3/c4-1-3(6)2-5;1-3(5)2-4;2-1(3)4/h3-6H,1-2H2;3-5H,2H2,1H3;2-4H. The van der Waals surface area contributed by atoms with Crippen molar-refractivity contribution < 1.29 is 40.6 Å². The normalized spacial score (nSPS) is 10.8. The topological polar surface area (TPSA) is 162 Å². The number of hydrogen-bond acceptors (Lipinski definition) is 8. The highest BCUT2D eigenvalue weighted by Crippen LogP contribution is 1.71. The Hall–Kier alpha value is -0.255. The molecule has 8 nitrogen and oxygen atoms in total. The van der Waals surface area contributed by atoms with Crippen LogP contribution in [0.5, 0.6) is 0 Å². The van der Waals surface area contributed by atoms with Gasteiger partial charge in [-0.15, -0.1) is 0 Å². The maximum atomic E-state index is 8.17. The molecule has 0 aromatic carbocycles. The Bertz CT molecular complexity index is 94.4. The van der Waals surface area contributed by atoms with Crippen LogP contribution in [0.1, 0.15) is 6.92 Å². The molecule has 0 amide bonds. The van der Waals surface area contributed by atoms with E-state index in [1.807, 2.05) is 0 Å². The summed E-state index contributed by atoms with van der Waals surface area (Å²) >= 11 is 0. The van der Waals surface area contributed by atoms with Crippen LogP contribution >= 0.6 is 0 Å². The van der Waals surface area contributed by atoms with Gasteiger partial charge in [0.15, 0.2) is 0 Å². The van der Waals surface area contributed by atoms with Crippen LogP contribution in [-0.2, 0) is 0 Å². The van der Waals surface area contributed by atoms with Gasteiger partial charge < -0.3 is 40.6 Å². The Kier molecular flexibility index (Phi) is 21.8. The lowest BCUT2D eigenvalue weighted by molar-refractivity contribution is 0.0450. The molecule has 15 heavy (non-hydrogen) atoms. The molecule has 0 rings (SSSR count). The quantitative estimate of drug-likeness (QED) is 0.225. The molecule has 0 aromatic rings. The van der Waals surface area contributed by atoms with Gasteiger partial charge in [0.05, 0.1) is 25.9 Å². The van der Waals surface area contributed by atoms with Gasteiger partial charge in [0.2, 0.25) is 0 Å². The first-order valence-corrected chi connectivity index (χ1v) is 4.04. The average Bonchev–Trinajstić information content (AvgIpc) is 2.16. The van der Waals surface area contributed by atoms with Crippen molar-refractivity contribution >= 4 is 7.32 Å². The Morgan fingerprint density at radius 2 is 1.07 bits per heavy atom. The molecule has 1 atom stereocenters. The highest BCUT2D eigenvalue weighted by atomic mass is 16.5. The number of rotatable bonds is 3. The van der Waals surface area contributed by atoms with Crippen LogP contribution in [0, 0.1) is 0 Å². The van der Waals surface area contributed by atoms with Crippen LogP contribution in [0.2, 0.25) is 0 Å². The Labute approximate surface area is 87.9 Å². The van der Waals surface area contributed by atoms with Crippen LogP contribution in [0.25, 0.3) is 0 Å². The molecule has 0 saturated heterocycles. The largest absolute Gasteiger partial charge is 0.631 e. The highest BCUT2D eigenvalue weighted by Gasteiger charge is 1.93. The Balaban J connectivity index is -0.000000147. The summed E-state index contributed by atoms with van der Waals surface area (Å²) in [5, 5.41) is 61.5. The van der Waals surface area contributed by atoms with Gasteiger partial charge in [-0.3, -0.25) is 0 Å². The third kappa shape index (κ3) is 57.4. The molecule has 0 aromatic heterocycles. The van der Waals surface area contributed by atoms with E-state index in [4.69, 9.17) is 40.6 Å². The van der Waals surface area contributed by atoms with E-state index in [2.05, 4.69) is 0 Å². The van der Waals surface area contributed by atoms with E-state index in [-0.39, 0.29) is 19.8 Å². The van der Waals surface area contributed by atoms with Crippen molar-refractivity contribution in [2.24, 2.45) is 0 Å². The van der Waals surface area contributed by atoms with Crippen molar-refractivity contribution in [1.29, 1.82) is 0 Å². The smallest absolute Gasteiger partial charge is 0.402 e. The van der Waals surface area contributed by atoms with Crippen molar-refractivity contribution in [3.8, 4) is 0 Å². The summed E-state index contributed by atoms with van der Waals surface area (Å²) in [5.74, 6) is 0. The fourth-order valence-corrected chi connectivity index (χ4v) is 0.0577. The zero-order valence-electron chi connectivity index (χ0n) is 8.43. The predicted molar refractivity (Wildman–Crippen MR) is 51.4 cm³/mol. The molecule has 9 heteroatoms. The third-order valence-corrected chi connectivity index (χ3v) is 0.686. The maximum absolute atomic E-state index is 8.17. The summed E-state index contributed by atoms with van der Waals surface area (Å²) in [6.07, 6.45) is -1.51. The molecular weight excluding hydrogens is 211 g/mol. The molecule has 0 spiro atoms. The second kappa shape index (κ2) is 16.2. The van der Waals surface area contributed by atoms with Gasteiger partial charge in [-0.2, -0.15) is 0 Å². The molecule has 0 bridgehead atoms. The van der Waals surface area contributed by atoms with Gasteiger partial charge in [0.1, 0.15) is 6.10 Å². The van der Waals surface area contributed by atoms with Crippen molar-refractivity contribution in [3.05, 3.63) is 0 Å². The lowest BCUT2D eigenvalue weighted by atomic mass is 10.3. The lowest BCUT2D eigenvalue weighted by Crippen LogP contribution is -2.15. The maximum Gasteiger partial charge on any atom is 0.631 e. The lowest BCUT2D eigenvalue weighted by Gasteiger charge is -1.96. The zero-order chi connectivity index (χ0) is 12.9. The third-order valence-electron chi connectivity index (χ3n) is 0.686. The van der Waals surface area contributed by atoms with Gasteiger partial charge in [0.25, 0.3) is 0 Å². The van der Waals surface area contributed by atoms with E-state index >= 15 is 0 Å². The highest BCUT2D eigenvalue weighted by molar-refractivity contribution is 6.30. The minimum atomic E-state index is -2.17. The molecular formula is C6H19BO8. The summed E-state index contributed by atoms with van der Waals surface area (Å²) in [6, 6.07) is 0. The molecule has 0 fully saturated rings. The van der Waals surface area contributed by atoms with Gasteiger partial charge in [-0.25, -0.2) is 0 Å². The fourth-order valence-electron chi connectivity index (χ4n) is 0.0577. The first kappa shape index (κ1) is 20.2. The van der Waals surface area contributed by atoms with Crippen LogP contribution in [-0.4, -0.2) is 80.0 Å². The van der Waals surface area contributed by atoms with Crippen molar-refractivity contribution in [2.45, 2.75) is 19.1 Å². The van der Waals surface area contributed by atoms with Crippen LogP contribution in [0.4, 0.5) is 0 Å². The van der Waals surface area contributed by atoms with Crippen molar-refractivity contribution in [2.75, 3.05) is 19.8 Å². The molecule has 1 unspecified atom stereocenters. The number of aliphatic hydroxyl groups is 5. The average molecular weight is 230 g/mol. The van der Waals surface area contributed by atoms with Gasteiger partial charge in [0, 0.05) is 0 Å². The van der Waals surface area contributed by atoms with Crippen molar-refractivity contribution in [3.63, 3.8) is 0 Å². The molecule has 94 valence electrons. The minimum Gasteiger partial charge on any atom is -0.402 e. The summed E-state index contributed by atoms with van der Waals surface area (Å²) in [5.41, 5.74) is 0. The Morgan fingerprint density at radius 3 is 1.07 bits per heavy atom. The number of hydrogen-bond donors (Lipinski definition) is 8. The second-order valence-corrected chi connectivity index (χ2v) is 2.40. The van der Waals surface area contributed by atoms with E-state index < -0.39 is 19.5 Å². The summed E-state index contributed by atoms with van der Waals surface area (Å²) in [4.78, 5) is 0. The monoisotopic (exact) mass is 230 g/mol. The first-order chi connectivity index (χ1) is 6.81. The van der Waals surface area contributed by atoms with Crippen molar-refractivity contribution in [1.82, 2.24) is 0 Å². The van der Waals surface area contributed by atoms with E-state index in [1.54, 1.807) is 0 Å². The molecule has 0 radical (unpaired) electrons. The van der Waals surface area contributed by atoms with Gasteiger partial charge >= 0.3 is 7.32 Å². The predicted octanol–water partition coefficient (Wildman–Crippen LogP) is -4.36. The van der Waals surface area contributed by atoms with E-state index in [0.717, 1.165) is 0 Å². The molecule has 0 aliphatic heterocycles. The molecule has 8 N–H and O–H groups in total. The van der Waals surface area contributed by atoms with Gasteiger partial charge in [-0.05, 0) is 6.92 Å². The summed E-state index contributed by atoms with van der Waals surface area (Å²) in [6.45, 7) is 0.660. The van der Waals surface area contributed by atoms with Crippen LogP contribution in [0.3, 0.4) is 0 Å². The SMILES string of the molecule is CC(O)CO.OB(O)O.OCC(O)CO. The second-order valence-electron chi connectivity index (χ2n) is 2.40. The van der Waals surface area contributed by atoms with E-state index in [9.17, 15) is 0 Å². The fraction of sp³-hybridized carbons (Fsp3) is 1.00. The van der Waals surface area contributed by atoms with Crippen LogP contribution < -0.4 is 0 Å². The van der Waals surface area contributed by atoms with E-state index in [0.29, 0.717) is 0 Å². The Morgan fingerprint density at radius 1 is 0.867 bits per heavy atom. The summed E-state index contributed by atoms with van der Waals surface area (Å²) < 4.78 is 0. The molecule has 0 aliphatic rings. The minimum absolute atomic E-state index is 0.139. The first-order valence-electron chi connectivity index (χ1n) is 4.04.